The first-order valence-electron chi connectivity index (χ1n) is 9.89. The van der Waals surface area contributed by atoms with Crippen molar-refractivity contribution in [2.24, 2.45) is 7.05 Å². The highest BCUT2D eigenvalue weighted by Crippen LogP contribution is 2.32. The van der Waals surface area contributed by atoms with Gasteiger partial charge in [-0.15, -0.1) is 0 Å². The summed E-state index contributed by atoms with van der Waals surface area (Å²) in [6, 6.07) is 11.0. The number of nitrogens with zero attached hydrogens (tertiary/aromatic N) is 2. The van der Waals surface area contributed by atoms with Crippen LogP contribution in [0.2, 0.25) is 0 Å². The van der Waals surface area contributed by atoms with Gasteiger partial charge < -0.3 is 28.9 Å². The number of aryl methyl sites for hydroxylation is 1. The van der Waals surface area contributed by atoms with Crippen molar-refractivity contribution < 1.29 is 23.7 Å². The average Bonchev–Trinajstić information content (AvgIpc) is 3.48. The Morgan fingerprint density at radius 2 is 2.03 bits per heavy atom. The molecule has 1 aromatic carbocycles. The van der Waals surface area contributed by atoms with Gasteiger partial charge in [-0.05, 0) is 18.2 Å². The van der Waals surface area contributed by atoms with Crippen molar-refractivity contribution in [1.29, 1.82) is 0 Å². The number of hydrogen-bond acceptors (Lipinski definition) is 5. The number of benzene rings is 1. The Kier molecular flexibility index (Phi) is 3.89. The quantitative estimate of drug-likeness (QED) is 0.544. The Hall–Kier alpha value is -2.94. The monoisotopic (exact) mass is 409 g/mol. The van der Waals surface area contributed by atoms with E-state index in [1.54, 1.807) is 6.07 Å². The van der Waals surface area contributed by atoms with E-state index >= 15 is 0 Å². The summed E-state index contributed by atoms with van der Waals surface area (Å²) in [6.07, 6.45) is 0.317. The van der Waals surface area contributed by atoms with Gasteiger partial charge in [0.15, 0.2) is 17.8 Å². The van der Waals surface area contributed by atoms with Gasteiger partial charge in [-0.2, -0.15) is 0 Å². The molecule has 2 saturated heterocycles. The Labute approximate surface area is 171 Å². The maximum absolute atomic E-state index is 14.8. The fraction of sp³-hybridized carbons (Fsp3) is 0.318. The van der Waals surface area contributed by atoms with E-state index in [-0.39, 0.29) is 24.9 Å². The molecule has 0 unspecified atom stereocenters. The molecular formula is C22H20FN3O4. The predicted molar refractivity (Wildman–Crippen MR) is 108 cm³/mol. The van der Waals surface area contributed by atoms with Crippen molar-refractivity contribution in [2.45, 2.75) is 24.4 Å². The minimum Gasteiger partial charge on any atom is -0.470 e. The summed E-state index contributed by atoms with van der Waals surface area (Å²) in [4.78, 5) is 7.60. The number of hydrogen-bond donors (Lipinski definition) is 2. The molecule has 5 heterocycles. The van der Waals surface area contributed by atoms with Gasteiger partial charge in [-0.25, -0.2) is 9.37 Å². The second-order valence-electron chi connectivity index (χ2n) is 7.90. The minimum atomic E-state index is -0.633. The number of nitrogens with one attached hydrogen (secondary N) is 1. The van der Waals surface area contributed by atoms with Crippen LogP contribution in [0.15, 0.2) is 42.6 Å². The number of aromatic nitrogens is 3. The zero-order valence-electron chi connectivity index (χ0n) is 16.2. The van der Waals surface area contributed by atoms with Crippen LogP contribution in [-0.4, -0.2) is 57.3 Å². The first kappa shape index (κ1) is 17.9. The average molecular weight is 409 g/mol. The highest BCUT2D eigenvalue weighted by atomic mass is 19.1. The third-order valence-electron chi connectivity index (χ3n) is 5.95. The van der Waals surface area contributed by atoms with Gasteiger partial charge in [-0.3, -0.25) is 0 Å². The van der Waals surface area contributed by atoms with Crippen LogP contribution in [-0.2, 0) is 16.5 Å². The normalized spacial score (nSPS) is 26.0. The van der Waals surface area contributed by atoms with E-state index in [1.807, 2.05) is 42.1 Å². The Morgan fingerprint density at radius 3 is 2.93 bits per heavy atom. The largest absolute Gasteiger partial charge is 0.470 e. The van der Waals surface area contributed by atoms with Gasteiger partial charge in [0.1, 0.15) is 24.0 Å². The molecule has 4 atom stereocenters. The minimum absolute atomic E-state index is 0.240. The molecule has 2 N–H and O–H groups in total. The topological polar surface area (TPSA) is 81.5 Å². The number of aliphatic hydroxyl groups excluding tert-OH is 1. The van der Waals surface area contributed by atoms with Crippen molar-refractivity contribution >= 4 is 21.9 Å². The summed E-state index contributed by atoms with van der Waals surface area (Å²) in [5.41, 5.74) is 3.25. The van der Waals surface area contributed by atoms with E-state index in [2.05, 4.69) is 9.97 Å². The van der Waals surface area contributed by atoms with Crippen LogP contribution >= 0.6 is 0 Å². The fourth-order valence-electron chi connectivity index (χ4n) is 4.41. The second-order valence-corrected chi connectivity index (χ2v) is 7.90. The first-order chi connectivity index (χ1) is 14.6. The van der Waals surface area contributed by atoms with Crippen LogP contribution in [0.3, 0.4) is 0 Å². The number of H-pyrrole nitrogens is 1. The molecule has 8 heteroatoms. The maximum atomic E-state index is 14.8. The number of pyridine rings is 1. The van der Waals surface area contributed by atoms with Gasteiger partial charge in [0.25, 0.3) is 0 Å². The van der Waals surface area contributed by atoms with E-state index in [4.69, 9.17) is 14.2 Å². The Balaban J connectivity index is 1.32. The van der Waals surface area contributed by atoms with Crippen LogP contribution in [0.4, 0.5) is 4.39 Å². The SMILES string of the molecule is Cn1ccc2cc(-c3nc4cc(O[C@@H]5CO[C@H]6[C@@H]5OC[C@H]6O)[nH]c4cc3F)ccc21. The van der Waals surface area contributed by atoms with Gasteiger partial charge in [0.05, 0.1) is 24.2 Å². The highest BCUT2D eigenvalue weighted by molar-refractivity contribution is 5.87. The number of aliphatic hydroxyl groups is 1. The van der Waals surface area contributed by atoms with Crippen molar-refractivity contribution in [3.05, 3.63) is 48.4 Å². The standard InChI is InChI=1S/C22H20FN3O4/c1-26-5-4-11-6-12(2-3-16(11)26)20-13(23)7-14-15(25-20)8-19(24-14)30-18-10-29-21-17(27)9-28-22(18)21/h2-8,17-18,21-22,24,27H,9-10H2,1H3/t17-,18-,21-,22-/m1/s1. The molecule has 7 nitrogen and oxygen atoms in total. The lowest BCUT2D eigenvalue weighted by atomic mass is 10.1. The third kappa shape index (κ3) is 2.72. The molecule has 2 aliphatic rings. The molecule has 0 aliphatic carbocycles. The van der Waals surface area contributed by atoms with Crippen LogP contribution < -0.4 is 4.74 Å². The smallest absolute Gasteiger partial charge is 0.193 e. The van der Waals surface area contributed by atoms with Crippen molar-refractivity contribution in [1.82, 2.24) is 14.5 Å². The van der Waals surface area contributed by atoms with Gasteiger partial charge in [0.2, 0.25) is 0 Å². The third-order valence-corrected chi connectivity index (χ3v) is 5.95. The summed E-state index contributed by atoms with van der Waals surface area (Å²) in [7, 11) is 1.98. The number of halogens is 1. The molecule has 0 bridgehead atoms. The summed E-state index contributed by atoms with van der Waals surface area (Å²) >= 11 is 0. The molecule has 4 aromatic rings. The van der Waals surface area contributed by atoms with Crippen molar-refractivity contribution in [3.8, 4) is 17.1 Å². The number of fused-ring (bicyclic) bond motifs is 3. The molecule has 6 rings (SSSR count). The first-order valence-corrected chi connectivity index (χ1v) is 9.89. The lowest BCUT2D eigenvalue weighted by Gasteiger charge is -2.16. The van der Waals surface area contributed by atoms with E-state index in [9.17, 15) is 9.50 Å². The summed E-state index contributed by atoms with van der Waals surface area (Å²) < 4.78 is 34.0. The molecular weight excluding hydrogens is 389 g/mol. The Morgan fingerprint density at radius 1 is 1.17 bits per heavy atom. The molecule has 0 amide bonds. The molecule has 30 heavy (non-hydrogen) atoms. The van der Waals surface area contributed by atoms with Crippen LogP contribution in [0.25, 0.3) is 33.2 Å². The fourth-order valence-corrected chi connectivity index (χ4v) is 4.41. The zero-order chi connectivity index (χ0) is 20.4. The van der Waals surface area contributed by atoms with Crippen LogP contribution in [0.1, 0.15) is 0 Å². The second kappa shape index (κ2) is 6.53. The molecule has 2 aliphatic heterocycles. The highest BCUT2D eigenvalue weighted by Gasteiger charge is 2.48. The summed E-state index contributed by atoms with van der Waals surface area (Å²) in [6.45, 7) is 0.565. The molecule has 3 aromatic heterocycles. The van der Waals surface area contributed by atoms with E-state index in [1.165, 1.54) is 6.07 Å². The number of rotatable bonds is 3. The molecule has 154 valence electrons. The van der Waals surface area contributed by atoms with Crippen molar-refractivity contribution in [2.75, 3.05) is 13.2 Å². The van der Waals surface area contributed by atoms with Gasteiger partial charge in [0, 0.05) is 41.8 Å². The predicted octanol–water partition coefficient (Wildman–Crippen LogP) is 2.77. The van der Waals surface area contributed by atoms with Crippen LogP contribution in [0.5, 0.6) is 5.88 Å². The van der Waals surface area contributed by atoms with Crippen LogP contribution in [0, 0.1) is 5.82 Å². The summed E-state index contributed by atoms with van der Waals surface area (Å²) in [5.74, 6) is 0.0597. The Bertz CT molecular complexity index is 1270. The van der Waals surface area contributed by atoms with E-state index in [0.29, 0.717) is 29.2 Å². The van der Waals surface area contributed by atoms with Gasteiger partial charge in [-0.1, -0.05) is 6.07 Å². The molecule has 0 spiro atoms. The van der Waals surface area contributed by atoms with Gasteiger partial charge >= 0.3 is 0 Å². The lowest BCUT2D eigenvalue weighted by molar-refractivity contribution is 0.00794. The van der Waals surface area contributed by atoms with E-state index < -0.39 is 11.9 Å². The number of aromatic amines is 1. The van der Waals surface area contributed by atoms with Crippen molar-refractivity contribution in [3.63, 3.8) is 0 Å². The zero-order valence-corrected chi connectivity index (χ0v) is 16.2. The molecule has 2 fully saturated rings. The lowest BCUT2D eigenvalue weighted by Crippen LogP contribution is -2.34. The number of ether oxygens (including phenoxy) is 3. The maximum Gasteiger partial charge on any atom is 0.193 e. The molecule has 0 saturated carbocycles. The summed E-state index contributed by atoms with van der Waals surface area (Å²) in [5, 5.41) is 10.9. The molecule has 0 radical (unpaired) electrons. The van der Waals surface area contributed by atoms with E-state index in [0.717, 1.165) is 16.5 Å².